The highest BCUT2D eigenvalue weighted by molar-refractivity contribution is 7.92. The Balaban J connectivity index is 1.64. The molecular formula is C35H50FN3O7S. The first-order valence-corrected chi connectivity index (χ1v) is 18.3. The van der Waals surface area contributed by atoms with Gasteiger partial charge in [-0.3, -0.25) is 14.3 Å². The lowest BCUT2D eigenvalue weighted by atomic mass is 9.88. The smallest absolute Gasteiger partial charge is 0.261 e. The molecule has 12 heteroatoms. The van der Waals surface area contributed by atoms with Gasteiger partial charge in [-0.05, 0) is 88.4 Å². The maximum absolute atomic E-state index is 14.3. The minimum atomic E-state index is -4.08. The first kappa shape index (κ1) is 36.6. The zero-order valence-corrected chi connectivity index (χ0v) is 28.8. The highest BCUT2D eigenvalue weighted by Gasteiger charge is 2.32. The number of anilines is 1. The van der Waals surface area contributed by atoms with Crippen LogP contribution in [0, 0.1) is 17.7 Å². The number of fused-ring (bicyclic) bond motifs is 1. The molecule has 1 saturated carbocycles. The molecule has 2 N–H and O–H groups in total. The lowest BCUT2D eigenvalue weighted by molar-refractivity contribution is -0.137. The molecule has 2 aromatic carbocycles. The number of aliphatic hydroxyl groups is 1. The lowest BCUT2D eigenvalue weighted by Gasteiger charge is -2.36. The molecule has 0 spiro atoms. The monoisotopic (exact) mass is 675 g/mol. The normalized spacial score (nSPS) is 22.8. The number of hydrogen-bond donors (Lipinski definition) is 2. The number of amides is 2. The number of halogens is 1. The van der Waals surface area contributed by atoms with Gasteiger partial charge in [0.25, 0.3) is 15.9 Å². The largest absolute Gasteiger partial charge is 0.490 e. The number of likely N-dealkylation sites (N-methyl/N-ethyl adjacent to an activating group) is 1. The predicted octanol–water partition coefficient (Wildman–Crippen LogP) is 5.46. The first-order chi connectivity index (χ1) is 22.4. The van der Waals surface area contributed by atoms with Crippen molar-refractivity contribution in [2.24, 2.45) is 11.8 Å². The van der Waals surface area contributed by atoms with Crippen LogP contribution in [0.5, 0.6) is 5.75 Å². The number of carbonyl (C=O) groups excluding carboxylic acids is 2. The molecule has 10 nitrogen and oxygen atoms in total. The van der Waals surface area contributed by atoms with Gasteiger partial charge in [-0.1, -0.05) is 26.2 Å². The van der Waals surface area contributed by atoms with E-state index in [1.54, 1.807) is 22.8 Å². The van der Waals surface area contributed by atoms with Crippen molar-refractivity contribution in [1.82, 2.24) is 9.80 Å². The van der Waals surface area contributed by atoms with Crippen molar-refractivity contribution in [1.29, 1.82) is 0 Å². The Bertz CT molecular complexity index is 1450. The van der Waals surface area contributed by atoms with Gasteiger partial charge in [0.2, 0.25) is 5.91 Å². The summed E-state index contributed by atoms with van der Waals surface area (Å²) >= 11 is 0. The second kappa shape index (κ2) is 16.7. The molecule has 0 unspecified atom stereocenters. The fourth-order valence-corrected chi connectivity index (χ4v) is 7.35. The van der Waals surface area contributed by atoms with Crippen molar-refractivity contribution < 1.29 is 37.0 Å². The van der Waals surface area contributed by atoms with E-state index in [4.69, 9.17) is 9.47 Å². The van der Waals surface area contributed by atoms with Gasteiger partial charge in [-0.2, -0.15) is 0 Å². The molecule has 0 radical (unpaired) electrons. The summed E-state index contributed by atoms with van der Waals surface area (Å²) < 4.78 is 54.7. The Labute approximate surface area is 278 Å². The number of carbonyl (C=O) groups is 2. The van der Waals surface area contributed by atoms with Gasteiger partial charge in [0, 0.05) is 44.3 Å². The number of aliphatic hydroxyl groups excluding tert-OH is 1. The van der Waals surface area contributed by atoms with E-state index >= 15 is 0 Å². The maximum Gasteiger partial charge on any atom is 0.261 e. The van der Waals surface area contributed by atoms with E-state index in [1.807, 2.05) is 20.9 Å². The van der Waals surface area contributed by atoms with Crippen molar-refractivity contribution in [2.45, 2.75) is 95.3 Å². The third kappa shape index (κ3) is 9.90. The SMILES string of the molecule is C[C@@H]1CN([C@@H](C)CO)C(=O)c2cc(NS(=O)(=O)c3ccc(F)cc3)ccc2O[C@@H](C)CCCCO[C@H]1CN(C)C(=O)C1CCCCC1. The summed E-state index contributed by atoms with van der Waals surface area (Å²) in [5.74, 6) is -0.742. The van der Waals surface area contributed by atoms with E-state index < -0.39 is 27.8 Å². The molecule has 1 aliphatic heterocycles. The Hall–Kier alpha value is -3.22. The first-order valence-electron chi connectivity index (χ1n) is 16.8. The molecule has 47 heavy (non-hydrogen) atoms. The van der Waals surface area contributed by atoms with Crippen molar-refractivity contribution in [2.75, 3.05) is 38.1 Å². The Kier molecular flexibility index (Phi) is 13.0. The predicted molar refractivity (Wildman–Crippen MR) is 178 cm³/mol. The van der Waals surface area contributed by atoms with Gasteiger partial charge in [-0.15, -0.1) is 0 Å². The van der Waals surface area contributed by atoms with E-state index in [0.29, 0.717) is 25.3 Å². The molecule has 0 saturated heterocycles. The Morgan fingerprint density at radius 1 is 1.06 bits per heavy atom. The molecule has 1 fully saturated rings. The number of nitrogens with zero attached hydrogens (tertiary/aromatic N) is 2. The second-order valence-corrected chi connectivity index (χ2v) is 14.8. The topological polar surface area (TPSA) is 125 Å². The summed E-state index contributed by atoms with van der Waals surface area (Å²) in [6.07, 6.45) is 6.83. The van der Waals surface area contributed by atoms with E-state index in [0.717, 1.165) is 69.2 Å². The zero-order valence-electron chi connectivity index (χ0n) is 28.0. The molecule has 2 amide bonds. The van der Waals surface area contributed by atoms with Crippen LogP contribution in [0.1, 0.15) is 82.5 Å². The Morgan fingerprint density at radius 2 is 1.74 bits per heavy atom. The summed E-state index contributed by atoms with van der Waals surface area (Å²) in [6, 6.07) is 8.40. The van der Waals surface area contributed by atoms with Gasteiger partial charge >= 0.3 is 0 Å². The number of sulfonamides is 1. The molecule has 1 heterocycles. The van der Waals surface area contributed by atoms with Gasteiger partial charge in [0.05, 0.1) is 35.3 Å². The van der Waals surface area contributed by atoms with E-state index in [9.17, 15) is 27.5 Å². The minimum absolute atomic E-state index is 0.0303. The summed E-state index contributed by atoms with van der Waals surface area (Å²) in [4.78, 5) is 30.9. The van der Waals surface area contributed by atoms with Crippen LogP contribution < -0.4 is 9.46 Å². The number of ether oxygens (including phenoxy) is 2. The maximum atomic E-state index is 14.3. The fourth-order valence-electron chi connectivity index (χ4n) is 6.30. The zero-order chi connectivity index (χ0) is 34.1. The van der Waals surface area contributed by atoms with Crippen LogP contribution in [0.4, 0.5) is 10.1 Å². The molecule has 2 aromatic rings. The summed E-state index contributed by atoms with van der Waals surface area (Å²) in [5.41, 5.74) is 0.273. The van der Waals surface area contributed by atoms with E-state index in [2.05, 4.69) is 4.72 Å². The Morgan fingerprint density at radius 3 is 2.43 bits per heavy atom. The number of benzene rings is 2. The van der Waals surface area contributed by atoms with Gasteiger partial charge in [0.1, 0.15) is 11.6 Å². The van der Waals surface area contributed by atoms with E-state index in [1.165, 1.54) is 12.1 Å². The lowest BCUT2D eigenvalue weighted by Crippen LogP contribution is -2.48. The molecule has 260 valence electrons. The van der Waals surface area contributed by atoms with E-state index in [-0.39, 0.29) is 59.2 Å². The standard InChI is InChI=1S/C35H50FN3O7S/c1-24-21-39(25(2)23-40)35(42)31-20-29(37-47(43,44)30-16-13-28(36)14-17-30)15-18-32(31)46-26(3)10-8-9-19-45-33(24)22-38(4)34(41)27-11-6-5-7-12-27/h13-18,20,24-27,33,37,40H,5-12,19,21-23H2,1-4H3/t24-,25+,26+,33+/m1/s1. The second-order valence-electron chi connectivity index (χ2n) is 13.1. The van der Waals surface area contributed by atoms with Crippen molar-refractivity contribution in [3.8, 4) is 5.75 Å². The van der Waals surface area contributed by atoms with Crippen LogP contribution in [0.15, 0.2) is 47.4 Å². The molecule has 1 aliphatic carbocycles. The molecule has 4 atom stereocenters. The van der Waals surface area contributed by atoms with Crippen LogP contribution in [-0.4, -0.2) is 86.7 Å². The van der Waals surface area contributed by atoms with Crippen LogP contribution in [0.25, 0.3) is 0 Å². The van der Waals surface area contributed by atoms with Crippen LogP contribution in [0.2, 0.25) is 0 Å². The minimum Gasteiger partial charge on any atom is -0.490 e. The van der Waals surface area contributed by atoms with Crippen molar-refractivity contribution >= 4 is 27.5 Å². The van der Waals surface area contributed by atoms with Crippen LogP contribution >= 0.6 is 0 Å². The molecular weight excluding hydrogens is 625 g/mol. The summed E-state index contributed by atoms with van der Waals surface area (Å²) in [6.45, 7) is 6.45. The quantitative estimate of drug-likeness (QED) is 0.381. The fraction of sp³-hybridized carbons (Fsp3) is 0.600. The summed E-state index contributed by atoms with van der Waals surface area (Å²) in [7, 11) is -2.26. The molecule has 4 rings (SSSR count). The molecule has 0 aromatic heterocycles. The number of rotatable bonds is 8. The van der Waals surface area contributed by atoms with Gasteiger partial charge in [-0.25, -0.2) is 12.8 Å². The number of nitrogens with one attached hydrogen (secondary N) is 1. The van der Waals surface area contributed by atoms with Gasteiger partial charge < -0.3 is 24.4 Å². The highest BCUT2D eigenvalue weighted by Crippen LogP contribution is 2.30. The van der Waals surface area contributed by atoms with Crippen LogP contribution in [-0.2, 0) is 19.6 Å². The van der Waals surface area contributed by atoms with Crippen molar-refractivity contribution in [3.05, 3.63) is 53.8 Å². The molecule has 2 aliphatic rings. The molecule has 0 bridgehead atoms. The van der Waals surface area contributed by atoms with Crippen molar-refractivity contribution in [3.63, 3.8) is 0 Å². The van der Waals surface area contributed by atoms with Crippen LogP contribution in [0.3, 0.4) is 0 Å². The summed E-state index contributed by atoms with van der Waals surface area (Å²) in [5, 5.41) is 10.2. The third-order valence-electron chi connectivity index (χ3n) is 9.21. The highest BCUT2D eigenvalue weighted by atomic mass is 32.2. The third-order valence-corrected chi connectivity index (χ3v) is 10.6. The average Bonchev–Trinajstić information content (AvgIpc) is 3.06. The number of hydrogen-bond acceptors (Lipinski definition) is 7. The van der Waals surface area contributed by atoms with Gasteiger partial charge in [0.15, 0.2) is 0 Å². The average molecular weight is 676 g/mol.